The van der Waals surface area contributed by atoms with Crippen LogP contribution in [0.2, 0.25) is 0 Å². The first-order valence-corrected chi connectivity index (χ1v) is 6.18. The number of hydrogen-bond donors (Lipinski definition) is 0. The molecule has 0 aliphatic carbocycles. The smallest absolute Gasteiger partial charge is 0.369 e. The second-order valence-electron chi connectivity index (χ2n) is 4.78. The average Bonchev–Trinajstić information content (AvgIpc) is 2.38. The average molecular weight is 270 g/mol. The molecule has 0 unspecified atom stereocenters. The van der Waals surface area contributed by atoms with Crippen molar-refractivity contribution < 1.29 is 13.2 Å². The van der Waals surface area contributed by atoms with Gasteiger partial charge in [-0.2, -0.15) is 13.2 Å². The van der Waals surface area contributed by atoms with Gasteiger partial charge in [-0.1, -0.05) is 24.8 Å². The summed E-state index contributed by atoms with van der Waals surface area (Å²) in [6.07, 6.45) is -4.34. The first-order chi connectivity index (χ1) is 8.89. The first kappa shape index (κ1) is 13.9. The van der Waals surface area contributed by atoms with Crippen molar-refractivity contribution in [2.75, 3.05) is 33.2 Å². The molecule has 1 heterocycles. The molecule has 1 aromatic carbocycles. The molecular weight excluding hydrogens is 253 g/mol. The SMILES string of the molecule is C=C(c1ccccc1C(F)(F)F)N1CCN(C)CC1. The largest absolute Gasteiger partial charge is 0.417 e. The number of halogens is 3. The van der Waals surface area contributed by atoms with E-state index in [-0.39, 0.29) is 5.56 Å². The molecule has 1 saturated heterocycles. The van der Waals surface area contributed by atoms with Gasteiger partial charge in [0.25, 0.3) is 0 Å². The summed E-state index contributed by atoms with van der Waals surface area (Å²) in [6, 6.07) is 5.62. The predicted octanol–water partition coefficient (Wildman–Crippen LogP) is 2.92. The number of alkyl halides is 3. The van der Waals surface area contributed by atoms with Gasteiger partial charge in [0.1, 0.15) is 0 Å². The van der Waals surface area contributed by atoms with Crippen LogP contribution in [0.1, 0.15) is 11.1 Å². The maximum absolute atomic E-state index is 13.0. The van der Waals surface area contributed by atoms with Crippen LogP contribution in [0.3, 0.4) is 0 Å². The molecule has 19 heavy (non-hydrogen) atoms. The van der Waals surface area contributed by atoms with Gasteiger partial charge in [0.15, 0.2) is 0 Å². The van der Waals surface area contributed by atoms with Gasteiger partial charge in [-0.25, -0.2) is 0 Å². The molecular formula is C14H17F3N2. The standard InChI is InChI=1S/C14H17F3N2/c1-11(19-9-7-18(2)8-10-19)12-5-3-4-6-13(12)14(15,16)17/h3-6H,1,7-10H2,2H3. The lowest BCUT2D eigenvalue weighted by Gasteiger charge is -2.35. The van der Waals surface area contributed by atoms with Crippen molar-refractivity contribution in [1.29, 1.82) is 0 Å². The number of hydrogen-bond acceptors (Lipinski definition) is 2. The molecule has 0 saturated carbocycles. The van der Waals surface area contributed by atoms with Gasteiger partial charge >= 0.3 is 6.18 Å². The maximum atomic E-state index is 13.0. The fraction of sp³-hybridized carbons (Fsp3) is 0.429. The molecule has 0 radical (unpaired) electrons. The summed E-state index contributed by atoms with van der Waals surface area (Å²) in [7, 11) is 2.00. The Balaban J connectivity index is 2.24. The van der Waals surface area contributed by atoms with Crippen LogP contribution in [-0.4, -0.2) is 43.0 Å². The van der Waals surface area contributed by atoms with E-state index in [1.54, 1.807) is 6.07 Å². The summed E-state index contributed by atoms with van der Waals surface area (Å²) in [6.45, 7) is 6.96. The fourth-order valence-corrected chi connectivity index (χ4v) is 2.23. The third-order valence-electron chi connectivity index (χ3n) is 3.43. The highest BCUT2D eigenvalue weighted by Gasteiger charge is 2.34. The normalized spacial score (nSPS) is 17.6. The van der Waals surface area contributed by atoms with Crippen molar-refractivity contribution in [2.24, 2.45) is 0 Å². The zero-order valence-electron chi connectivity index (χ0n) is 10.9. The first-order valence-electron chi connectivity index (χ1n) is 6.18. The van der Waals surface area contributed by atoms with E-state index in [1.165, 1.54) is 12.1 Å². The lowest BCUT2D eigenvalue weighted by molar-refractivity contribution is -0.137. The highest BCUT2D eigenvalue weighted by Crippen LogP contribution is 2.35. The van der Waals surface area contributed by atoms with Crippen LogP contribution >= 0.6 is 0 Å². The van der Waals surface area contributed by atoms with Crippen LogP contribution in [0, 0.1) is 0 Å². The highest BCUT2D eigenvalue weighted by atomic mass is 19.4. The van der Waals surface area contributed by atoms with Crippen LogP contribution in [0.5, 0.6) is 0 Å². The van der Waals surface area contributed by atoms with Gasteiger partial charge in [0.2, 0.25) is 0 Å². The second kappa shape index (κ2) is 5.25. The molecule has 1 aliphatic heterocycles. The van der Waals surface area contributed by atoms with Crippen LogP contribution in [-0.2, 0) is 6.18 Å². The molecule has 0 aromatic heterocycles. The number of benzene rings is 1. The van der Waals surface area contributed by atoms with Crippen LogP contribution in [0.25, 0.3) is 5.70 Å². The zero-order valence-corrected chi connectivity index (χ0v) is 10.9. The fourth-order valence-electron chi connectivity index (χ4n) is 2.23. The third-order valence-corrected chi connectivity index (χ3v) is 3.43. The van der Waals surface area contributed by atoms with Gasteiger partial charge in [0.05, 0.1) is 5.56 Å². The summed E-state index contributed by atoms with van der Waals surface area (Å²) in [5.74, 6) is 0. The van der Waals surface area contributed by atoms with Crippen molar-refractivity contribution in [2.45, 2.75) is 6.18 Å². The van der Waals surface area contributed by atoms with Gasteiger partial charge in [-0.15, -0.1) is 0 Å². The molecule has 2 nitrogen and oxygen atoms in total. The van der Waals surface area contributed by atoms with Crippen molar-refractivity contribution >= 4 is 5.70 Å². The maximum Gasteiger partial charge on any atom is 0.417 e. The van der Waals surface area contributed by atoms with Crippen LogP contribution in [0.15, 0.2) is 30.8 Å². The highest BCUT2D eigenvalue weighted by molar-refractivity contribution is 5.65. The Morgan fingerprint density at radius 3 is 2.26 bits per heavy atom. The Kier molecular flexibility index (Phi) is 3.85. The minimum Gasteiger partial charge on any atom is -0.369 e. The molecule has 1 aliphatic rings. The van der Waals surface area contributed by atoms with E-state index in [4.69, 9.17) is 0 Å². The molecule has 0 amide bonds. The molecule has 104 valence electrons. The Morgan fingerprint density at radius 2 is 1.68 bits per heavy atom. The quantitative estimate of drug-likeness (QED) is 0.815. The Morgan fingerprint density at radius 1 is 1.11 bits per heavy atom. The van der Waals surface area contributed by atoms with Gasteiger partial charge in [-0.05, 0) is 13.1 Å². The van der Waals surface area contributed by atoms with Crippen LogP contribution in [0.4, 0.5) is 13.2 Å². The van der Waals surface area contributed by atoms with Crippen molar-refractivity contribution in [1.82, 2.24) is 9.80 Å². The van der Waals surface area contributed by atoms with Crippen LogP contribution < -0.4 is 0 Å². The van der Waals surface area contributed by atoms with Gasteiger partial charge in [-0.3, -0.25) is 0 Å². The van der Waals surface area contributed by atoms with E-state index < -0.39 is 11.7 Å². The Labute approximate surface area is 111 Å². The molecule has 5 heteroatoms. The van der Waals surface area contributed by atoms with Crippen molar-refractivity contribution in [3.63, 3.8) is 0 Å². The molecule has 0 atom stereocenters. The lowest BCUT2D eigenvalue weighted by atomic mass is 10.0. The zero-order chi connectivity index (χ0) is 14.0. The number of rotatable bonds is 2. The molecule has 1 aromatic rings. The molecule has 1 fully saturated rings. The Hall–Kier alpha value is -1.49. The second-order valence-corrected chi connectivity index (χ2v) is 4.78. The molecule has 0 spiro atoms. The van der Waals surface area contributed by atoms with Gasteiger partial charge < -0.3 is 9.80 Å². The van der Waals surface area contributed by atoms with Gasteiger partial charge in [0, 0.05) is 37.4 Å². The number of likely N-dealkylation sites (N-methyl/N-ethyl adjacent to an activating group) is 1. The van der Waals surface area contributed by atoms with E-state index in [1.807, 2.05) is 11.9 Å². The minimum atomic E-state index is -4.34. The topological polar surface area (TPSA) is 6.48 Å². The predicted molar refractivity (Wildman–Crippen MR) is 69.5 cm³/mol. The molecule has 2 rings (SSSR count). The third kappa shape index (κ3) is 3.10. The summed E-state index contributed by atoms with van der Waals surface area (Å²) in [5, 5.41) is 0. The monoisotopic (exact) mass is 270 g/mol. The summed E-state index contributed by atoms with van der Waals surface area (Å²) in [5.41, 5.74) is 0.0273. The van der Waals surface area contributed by atoms with E-state index in [2.05, 4.69) is 11.5 Å². The Bertz CT molecular complexity index is 460. The molecule has 0 N–H and O–H groups in total. The summed E-state index contributed by atoms with van der Waals surface area (Å²) >= 11 is 0. The minimum absolute atomic E-state index is 0.180. The number of nitrogens with zero attached hydrogens (tertiary/aromatic N) is 2. The number of piperazine rings is 1. The molecule has 0 bridgehead atoms. The lowest BCUT2D eigenvalue weighted by Crippen LogP contribution is -2.43. The van der Waals surface area contributed by atoms with Crippen molar-refractivity contribution in [3.05, 3.63) is 42.0 Å². The van der Waals surface area contributed by atoms with Crippen molar-refractivity contribution in [3.8, 4) is 0 Å². The van der Waals surface area contributed by atoms with E-state index in [9.17, 15) is 13.2 Å². The van der Waals surface area contributed by atoms with E-state index in [0.717, 1.165) is 19.2 Å². The summed E-state index contributed by atoms with van der Waals surface area (Å²) < 4.78 is 38.9. The van der Waals surface area contributed by atoms with E-state index in [0.29, 0.717) is 18.8 Å². The van der Waals surface area contributed by atoms with E-state index >= 15 is 0 Å². The summed E-state index contributed by atoms with van der Waals surface area (Å²) in [4.78, 5) is 4.07.